The van der Waals surface area contributed by atoms with E-state index < -0.39 is 10.8 Å². The maximum absolute atomic E-state index is 12.2. The molecule has 0 aliphatic heterocycles. The number of nitrogens with one attached hydrogen (secondary N) is 1. The zero-order valence-corrected chi connectivity index (χ0v) is 13.2. The smallest absolute Gasteiger partial charge is 0.286 e. The van der Waals surface area contributed by atoms with E-state index in [0.717, 1.165) is 25.7 Å². The minimum Gasteiger partial charge on any atom is -0.493 e. The molecule has 0 aliphatic rings. The van der Waals surface area contributed by atoms with Gasteiger partial charge in [-0.3, -0.25) is 14.9 Å². The molecule has 1 amide bonds. The number of benzene rings is 1. The van der Waals surface area contributed by atoms with E-state index in [2.05, 4.69) is 12.2 Å². The summed E-state index contributed by atoms with van der Waals surface area (Å²) in [5.74, 6) is 0.0158. The van der Waals surface area contributed by atoms with Gasteiger partial charge in [-0.2, -0.15) is 0 Å². The first-order valence-corrected chi connectivity index (χ1v) is 7.23. The van der Waals surface area contributed by atoms with Crippen LogP contribution in [0.1, 0.15) is 43.0 Å². The predicted octanol–water partition coefficient (Wildman–Crippen LogP) is 2.92. The van der Waals surface area contributed by atoms with E-state index in [0.29, 0.717) is 6.54 Å². The Bertz CT molecular complexity index is 531. The van der Waals surface area contributed by atoms with E-state index in [1.54, 1.807) is 0 Å². The van der Waals surface area contributed by atoms with Crippen LogP contribution in [0.4, 0.5) is 5.69 Å². The fraction of sp³-hybridized carbons (Fsp3) is 0.533. The number of hydrogen-bond acceptors (Lipinski definition) is 5. The zero-order valence-electron chi connectivity index (χ0n) is 13.2. The standard InChI is InChI=1S/C15H22N2O5/c1-4-5-6-7-8-16-15(18)11-9-13(21-2)14(22-3)10-12(11)17(19)20/h9-10H,4-8H2,1-3H3,(H,16,18). The highest BCUT2D eigenvalue weighted by atomic mass is 16.6. The van der Waals surface area contributed by atoms with Crippen molar-refractivity contribution >= 4 is 11.6 Å². The first-order valence-electron chi connectivity index (χ1n) is 7.23. The molecule has 7 heteroatoms. The van der Waals surface area contributed by atoms with Crippen molar-refractivity contribution in [2.75, 3.05) is 20.8 Å². The molecule has 0 saturated carbocycles. The molecule has 0 fully saturated rings. The molecule has 22 heavy (non-hydrogen) atoms. The van der Waals surface area contributed by atoms with Crippen LogP contribution in [0.2, 0.25) is 0 Å². The Labute approximate surface area is 129 Å². The monoisotopic (exact) mass is 310 g/mol. The third-order valence-electron chi connectivity index (χ3n) is 3.26. The van der Waals surface area contributed by atoms with Crippen LogP contribution in [-0.2, 0) is 0 Å². The Morgan fingerprint density at radius 1 is 1.18 bits per heavy atom. The van der Waals surface area contributed by atoms with Crippen LogP contribution < -0.4 is 14.8 Å². The zero-order chi connectivity index (χ0) is 16.5. The molecule has 0 aliphatic carbocycles. The third-order valence-corrected chi connectivity index (χ3v) is 3.26. The minimum atomic E-state index is -0.603. The number of nitro groups is 1. The number of rotatable bonds is 9. The van der Waals surface area contributed by atoms with Crippen LogP contribution >= 0.6 is 0 Å². The van der Waals surface area contributed by atoms with Crippen LogP contribution in [0, 0.1) is 10.1 Å². The molecule has 0 bridgehead atoms. The summed E-state index contributed by atoms with van der Waals surface area (Å²) in [5, 5.41) is 13.8. The quantitative estimate of drug-likeness (QED) is 0.430. The average molecular weight is 310 g/mol. The van der Waals surface area contributed by atoms with Gasteiger partial charge >= 0.3 is 0 Å². The van der Waals surface area contributed by atoms with Gasteiger partial charge < -0.3 is 14.8 Å². The van der Waals surface area contributed by atoms with Crippen LogP contribution in [0.5, 0.6) is 11.5 Å². The van der Waals surface area contributed by atoms with E-state index in [1.165, 1.54) is 26.4 Å². The second-order valence-electron chi connectivity index (χ2n) is 4.80. The van der Waals surface area contributed by atoms with Gasteiger partial charge in [-0.1, -0.05) is 26.2 Å². The second kappa shape index (κ2) is 8.86. The van der Waals surface area contributed by atoms with Crippen molar-refractivity contribution in [1.82, 2.24) is 5.32 Å². The van der Waals surface area contributed by atoms with Gasteiger partial charge in [0.1, 0.15) is 5.56 Å². The molecule has 0 unspecified atom stereocenters. The molecule has 0 aromatic heterocycles. The number of methoxy groups -OCH3 is 2. The minimum absolute atomic E-state index is 0.0295. The fourth-order valence-corrected chi connectivity index (χ4v) is 2.05. The molecular formula is C15H22N2O5. The largest absolute Gasteiger partial charge is 0.493 e. The van der Waals surface area contributed by atoms with Gasteiger partial charge in [-0.25, -0.2) is 0 Å². The summed E-state index contributed by atoms with van der Waals surface area (Å²) >= 11 is 0. The summed E-state index contributed by atoms with van der Waals surface area (Å²) in [4.78, 5) is 22.7. The Balaban J connectivity index is 2.91. The van der Waals surface area contributed by atoms with Crippen molar-refractivity contribution < 1.29 is 19.2 Å². The van der Waals surface area contributed by atoms with Crippen LogP contribution in [0.15, 0.2) is 12.1 Å². The number of nitrogens with zero attached hydrogens (tertiary/aromatic N) is 1. The van der Waals surface area contributed by atoms with Gasteiger partial charge in [0.25, 0.3) is 11.6 Å². The fourth-order valence-electron chi connectivity index (χ4n) is 2.05. The van der Waals surface area contributed by atoms with Crippen molar-refractivity contribution in [3.63, 3.8) is 0 Å². The molecule has 122 valence electrons. The topological polar surface area (TPSA) is 90.7 Å². The molecule has 1 aromatic carbocycles. The predicted molar refractivity (Wildman–Crippen MR) is 82.7 cm³/mol. The Morgan fingerprint density at radius 2 is 1.82 bits per heavy atom. The molecule has 0 atom stereocenters. The van der Waals surface area contributed by atoms with Gasteiger partial charge in [0.2, 0.25) is 0 Å². The van der Waals surface area contributed by atoms with E-state index in [4.69, 9.17) is 9.47 Å². The number of hydrogen-bond donors (Lipinski definition) is 1. The lowest BCUT2D eigenvalue weighted by atomic mass is 10.1. The lowest BCUT2D eigenvalue weighted by molar-refractivity contribution is -0.385. The lowest BCUT2D eigenvalue weighted by Gasteiger charge is -2.11. The molecule has 0 saturated heterocycles. The molecule has 7 nitrogen and oxygen atoms in total. The molecule has 1 N–H and O–H groups in total. The highest BCUT2D eigenvalue weighted by molar-refractivity contribution is 5.99. The van der Waals surface area contributed by atoms with Crippen LogP contribution in [0.25, 0.3) is 0 Å². The molecule has 0 heterocycles. The van der Waals surface area contributed by atoms with Crippen LogP contribution in [0.3, 0.4) is 0 Å². The Hall–Kier alpha value is -2.31. The van der Waals surface area contributed by atoms with Crippen LogP contribution in [-0.4, -0.2) is 31.6 Å². The summed E-state index contributed by atoms with van der Waals surface area (Å²) in [7, 11) is 2.80. The highest BCUT2D eigenvalue weighted by Crippen LogP contribution is 2.34. The van der Waals surface area contributed by atoms with Crippen molar-refractivity contribution in [2.24, 2.45) is 0 Å². The number of carbonyl (C=O) groups is 1. The van der Waals surface area contributed by atoms with E-state index >= 15 is 0 Å². The number of ether oxygens (including phenoxy) is 2. The maximum atomic E-state index is 12.2. The Kier molecular flexibility index (Phi) is 7.15. The normalized spacial score (nSPS) is 10.1. The first kappa shape index (κ1) is 17.7. The third kappa shape index (κ3) is 4.61. The van der Waals surface area contributed by atoms with Gasteiger partial charge in [-0.05, 0) is 6.42 Å². The Morgan fingerprint density at radius 3 is 2.36 bits per heavy atom. The summed E-state index contributed by atoms with van der Waals surface area (Å²) in [5.41, 5.74) is -0.332. The number of nitro benzene ring substituents is 1. The van der Waals surface area contributed by atoms with Crippen molar-refractivity contribution in [1.29, 1.82) is 0 Å². The summed E-state index contributed by atoms with van der Waals surface area (Å²) in [6, 6.07) is 2.53. The molecular weight excluding hydrogens is 288 g/mol. The lowest BCUT2D eigenvalue weighted by Crippen LogP contribution is -2.25. The van der Waals surface area contributed by atoms with Gasteiger partial charge in [-0.15, -0.1) is 0 Å². The average Bonchev–Trinajstić information content (AvgIpc) is 2.52. The second-order valence-corrected chi connectivity index (χ2v) is 4.80. The molecule has 1 aromatic rings. The SMILES string of the molecule is CCCCCCNC(=O)c1cc(OC)c(OC)cc1[N+](=O)[O-]. The molecule has 1 rings (SSSR count). The number of amides is 1. The summed E-state index contributed by atoms with van der Waals surface area (Å²) in [6.07, 6.45) is 4.08. The van der Waals surface area contributed by atoms with Gasteiger partial charge in [0.15, 0.2) is 11.5 Å². The van der Waals surface area contributed by atoms with Gasteiger partial charge in [0.05, 0.1) is 25.2 Å². The number of unbranched alkanes of at least 4 members (excludes halogenated alkanes) is 3. The van der Waals surface area contributed by atoms with Gasteiger partial charge in [0, 0.05) is 12.6 Å². The molecule has 0 spiro atoms. The van der Waals surface area contributed by atoms with Crippen molar-refractivity contribution in [2.45, 2.75) is 32.6 Å². The summed E-state index contributed by atoms with van der Waals surface area (Å²) in [6.45, 7) is 2.59. The first-order chi connectivity index (χ1) is 10.5. The summed E-state index contributed by atoms with van der Waals surface area (Å²) < 4.78 is 10.1. The van der Waals surface area contributed by atoms with E-state index in [-0.39, 0.29) is 22.7 Å². The van der Waals surface area contributed by atoms with E-state index in [1.807, 2.05) is 0 Å². The highest BCUT2D eigenvalue weighted by Gasteiger charge is 2.24. The van der Waals surface area contributed by atoms with E-state index in [9.17, 15) is 14.9 Å². The number of carbonyl (C=O) groups excluding carboxylic acids is 1. The van der Waals surface area contributed by atoms with Crippen molar-refractivity contribution in [3.8, 4) is 11.5 Å². The maximum Gasteiger partial charge on any atom is 0.286 e. The van der Waals surface area contributed by atoms with Crippen molar-refractivity contribution in [3.05, 3.63) is 27.8 Å². The molecule has 0 radical (unpaired) electrons.